The molecule has 2 N–H and O–H groups in total. The molecule has 0 saturated carbocycles. The molecule has 0 radical (unpaired) electrons. The number of aliphatic hydroxyl groups is 1. The lowest BCUT2D eigenvalue weighted by Crippen LogP contribution is -2.52. The smallest absolute Gasteiger partial charge is 0.410 e. The Balaban J connectivity index is 2.01. The molecule has 5 nitrogen and oxygen atoms in total. The summed E-state index contributed by atoms with van der Waals surface area (Å²) in [6, 6.07) is 0. The van der Waals surface area contributed by atoms with Gasteiger partial charge in [-0.25, -0.2) is 4.79 Å². The number of aliphatic hydroxyl groups excluding tert-OH is 1. The maximum Gasteiger partial charge on any atom is 0.410 e. The third-order valence-electron chi connectivity index (χ3n) is 3.80. The first-order valence-electron chi connectivity index (χ1n) is 6.72. The first-order valence-corrected chi connectivity index (χ1v) is 6.72. The zero-order chi connectivity index (χ0) is 13.4. The maximum absolute atomic E-state index is 12.1. The van der Waals surface area contributed by atoms with E-state index in [1.807, 2.05) is 20.8 Å². The van der Waals surface area contributed by atoms with E-state index in [9.17, 15) is 9.90 Å². The molecule has 2 heterocycles. The van der Waals surface area contributed by atoms with Crippen molar-refractivity contribution < 1.29 is 14.6 Å². The van der Waals surface area contributed by atoms with Crippen molar-refractivity contribution in [2.24, 2.45) is 5.41 Å². The van der Waals surface area contributed by atoms with E-state index >= 15 is 0 Å². The molecule has 1 spiro atoms. The van der Waals surface area contributed by atoms with E-state index in [2.05, 4.69) is 5.32 Å². The second-order valence-electron chi connectivity index (χ2n) is 6.47. The van der Waals surface area contributed by atoms with Crippen LogP contribution in [0.3, 0.4) is 0 Å². The van der Waals surface area contributed by atoms with Crippen molar-refractivity contribution in [2.45, 2.75) is 51.9 Å². The van der Waals surface area contributed by atoms with Gasteiger partial charge in [-0.1, -0.05) is 0 Å². The highest BCUT2D eigenvalue weighted by molar-refractivity contribution is 5.68. The maximum atomic E-state index is 12.1. The van der Waals surface area contributed by atoms with Crippen LogP contribution in [-0.4, -0.2) is 47.6 Å². The summed E-state index contributed by atoms with van der Waals surface area (Å²) in [5, 5.41) is 13.1. The number of hydrogen-bond acceptors (Lipinski definition) is 4. The van der Waals surface area contributed by atoms with Gasteiger partial charge < -0.3 is 14.7 Å². The monoisotopic (exact) mass is 256 g/mol. The van der Waals surface area contributed by atoms with Crippen LogP contribution in [0.5, 0.6) is 0 Å². The van der Waals surface area contributed by atoms with Crippen molar-refractivity contribution in [1.29, 1.82) is 0 Å². The molecule has 0 aliphatic carbocycles. The molecular formula is C13H24N2O3. The average molecular weight is 256 g/mol. The molecule has 2 aliphatic rings. The number of amides is 1. The third kappa shape index (κ3) is 2.78. The molecule has 2 saturated heterocycles. The fourth-order valence-electron chi connectivity index (χ4n) is 2.88. The lowest BCUT2D eigenvalue weighted by Gasteiger charge is -2.42. The molecular weight excluding hydrogens is 232 g/mol. The van der Waals surface area contributed by atoms with E-state index in [0.717, 1.165) is 32.4 Å². The largest absolute Gasteiger partial charge is 0.444 e. The van der Waals surface area contributed by atoms with Crippen molar-refractivity contribution in [1.82, 2.24) is 10.2 Å². The fourth-order valence-corrected chi connectivity index (χ4v) is 2.88. The number of likely N-dealkylation sites (tertiary alicyclic amines) is 1. The van der Waals surface area contributed by atoms with E-state index in [1.165, 1.54) is 0 Å². The van der Waals surface area contributed by atoms with Crippen LogP contribution in [-0.2, 0) is 4.74 Å². The Morgan fingerprint density at radius 3 is 2.72 bits per heavy atom. The predicted molar refractivity (Wildman–Crippen MR) is 68.1 cm³/mol. The summed E-state index contributed by atoms with van der Waals surface area (Å²) in [7, 11) is 0. The molecule has 18 heavy (non-hydrogen) atoms. The lowest BCUT2D eigenvalue weighted by molar-refractivity contribution is -0.0327. The first kappa shape index (κ1) is 13.6. The number of carbonyl (C=O) groups is 1. The van der Waals surface area contributed by atoms with Crippen LogP contribution in [0.25, 0.3) is 0 Å². The van der Waals surface area contributed by atoms with Crippen LogP contribution >= 0.6 is 0 Å². The SMILES string of the molecule is CC(C)(C)OC(=O)N1CCCC2(CCNC2O)C1. The Morgan fingerprint density at radius 1 is 1.44 bits per heavy atom. The summed E-state index contributed by atoms with van der Waals surface area (Å²) in [5.41, 5.74) is -0.636. The quantitative estimate of drug-likeness (QED) is 0.686. The zero-order valence-electron chi connectivity index (χ0n) is 11.5. The molecule has 104 valence electrons. The minimum atomic E-state index is -0.497. The van der Waals surface area contributed by atoms with Crippen molar-refractivity contribution in [3.63, 3.8) is 0 Å². The zero-order valence-corrected chi connectivity index (χ0v) is 11.5. The van der Waals surface area contributed by atoms with Crippen LogP contribution in [0, 0.1) is 5.41 Å². The minimum Gasteiger partial charge on any atom is -0.444 e. The summed E-state index contributed by atoms with van der Waals surface area (Å²) < 4.78 is 5.40. The first-order chi connectivity index (χ1) is 8.32. The molecule has 0 aromatic rings. The molecule has 0 aromatic carbocycles. The number of piperidine rings is 1. The second kappa shape index (κ2) is 4.70. The number of ether oxygens (including phenoxy) is 1. The average Bonchev–Trinajstić information content (AvgIpc) is 2.58. The number of rotatable bonds is 0. The van der Waals surface area contributed by atoms with E-state index in [0.29, 0.717) is 6.54 Å². The van der Waals surface area contributed by atoms with Crippen molar-refractivity contribution in [2.75, 3.05) is 19.6 Å². The normalized spacial score (nSPS) is 32.9. The van der Waals surface area contributed by atoms with Crippen LogP contribution < -0.4 is 5.32 Å². The van der Waals surface area contributed by atoms with Crippen molar-refractivity contribution >= 4 is 6.09 Å². The van der Waals surface area contributed by atoms with Crippen LogP contribution in [0.2, 0.25) is 0 Å². The molecule has 2 aliphatic heterocycles. The highest BCUT2D eigenvalue weighted by atomic mass is 16.6. The molecule has 2 atom stereocenters. The molecule has 5 heteroatoms. The molecule has 2 unspecified atom stereocenters. The van der Waals surface area contributed by atoms with Gasteiger partial charge in [0, 0.05) is 18.5 Å². The Hall–Kier alpha value is -0.810. The Kier molecular flexibility index (Phi) is 3.56. The van der Waals surface area contributed by atoms with Crippen LogP contribution in [0.15, 0.2) is 0 Å². The van der Waals surface area contributed by atoms with E-state index in [1.54, 1.807) is 4.90 Å². The number of hydrogen-bond donors (Lipinski definition) is 2. The van der Waals surface area contributed by atoms with Gasteiger partial charge in [0.1, 0.15) is 11.8 Å². The summed E-state index contributed by atoms with van der Waals surface area (Å²) in [5.74, 6) is 0. The second-order valence-corrected chi connectivity index (χ2v) is 6.47. The van der Waals surface area contributed by atoms with Gasteiger partial charge in [-0.15, -0.1) is 0 Å². The highest BCUT2D eigenvalue weighted by Crippen LogP contribution is 2.39. The van der Waals surface area contributed by atoms with Gasteiger partial charge in [-0.3, -0.25) is 5.32 Å². The van der Waals surface area contributed by atoms with E-state index in [4.69, 9.17) is 4.74 Å². The van der Waals surface area contributed by atoms with E-state index < -0.39 is 11.8 Å². The standard InChI is InChI=1S/C13H24N2O3/c1-12(2,3)18-11(17)15-8-4-5-13(9-15)6-7-14-10(13)16/h10,14,16H,4-9H2,1-3H3. The fraction of sp³-hybridized carbons (Fsp3) is 0.923. The lowest BCUT2D eigenvalue weighted by atomic mass is 9.78. The molecule has 2 rings (SSSR count). The van der Waals surface area contributed by atoms with Gasteiger partial charge >= 0.3 is 6.09 Å². The summed E-state index contributed by atoms with van der Waals surface area (Å²) in [6.07, 6.45) is 2.06. The van der Waals surface area contributed by atoms with Gasteiger partial charge in [-0.2, -0.15) is 0 Å². The highest BCUT2D eigenvalue weighted by Gasteiger charge is 2.46. The number of carbonyl (C=O) groups excluding carboxylic acids is 1. The molecule has 0 aromatic heterocycles. The van der Waals surface area contributed by atoms with Crippen molar-refractivity contribution in [3.8, 4) is 0 Å². The summed E-state index contributed by atoms with van der Waals surface area (Å²) in [4.78, 5) is 13.8. The topological polar surface area (TPSA) is 61.8 Å². The van der Waals surface area contributed by atoms with Gasteiger partial charge in [0.05, 0.1) is 0 Å². The molecule has 2 fully saturated rings. The molecule has 0 bridgehead atoms. The van der Waals surface area contributed by atoms with Gasteiger partial charge in [-0.05, 0) is 46.6 Å². The van der Waals surface area contributed by atoms with Crippen LogP contribution in [0.4, 0.5) is 4.79 Å². The summed E-state index contributed by atoms with van der Waals surface area (Å²) in [6.45, 7) is 7.76. The predicted octanol–water partition coefficient (Wildman–Crippen LogP) is 1.32. The Labute approximate surface area is 108 Å². The molecule has 1 amide bonds. The van der Waals surface area contributed by atoms with E-state index in [-0.39, 0.29) is 11.5 Å². The van der Waals surface area contributed by atoms with Gasteiger partial charge in [0.15, 0.2) is 0 Å². The third-order valence-corrected chi connectivity index (χ3v) is 3.80. The Bertz CT molecular complexity index is 327. The number of nitrogens with zero attached hydrogens (tertiary/aromatic N) is 1. The van der Waals surface area contributed by atoms with Gasteiger partial charge in [0.2, 0.25) is 0 Å². The van der Waals surface area contributed by atoms with Crippen LogP contribution in [0.1, 0.15) is 40.0 Å². The minimum absolute atomic E-state index is 0.171. The Morgan fingerprint density at radius 2 is 2.17 bits per heavy atom. The van der Waals surface area contributed by atoms with Crippen molar-refractivity contribution in [3.05, 3.63) is 0 Å². The van der Waals surface area contributed by atoms with Gasteiger partial charge in [0.25, 0.3) is 0 Å². The summed E-state index contributed by atoms with van der Waals surface area (Å²) >= 11 is 0. The number of nitrogens with one attached hydrogen (secondary N) is 1.